The van der Waals surface area contributed by atoms with Gasteiger partial charge in [-0.15, -0.1) is 0 Å². The summed E-state index contributed by atoms with van der Waals surface area (Å²) < 4.78 is 2.04. The number of aryl methyl sites for hydroxylation is 2. The summed E-state index contributed by atoms with van der Waals surface area (Å²) in [6.45, 7) is 15.1. The summed E-state index contributed by atoms with van der Waals surface area (Å²) in [5, 5.41) is 12.7. The van der Waals surface area contributed by atoms with Gasteiger partial charge in [-0.05, 0) is 94.4 Å². The summed E-state index contributed by atoms with van der Waals surface area (Å²) in [6.07, 6.45) is 1.91. The Morgan fingerprint density at radius 1 is 0.941 bits per heavy atom. The van der Waals surface area contributed by atoms with Crippen molar-refractivity contribution in [1.82, 2.24) is 19.7 Å². The monoisotopic (exact) mass is 473 g/mol. The molecule has 0 saturated carbocycles. The van der Waals surface area contributed by atoms with Gasteiger partial charge >= 0.3 is 0 Å². The van der Waals surface area contributed by atoms with Gasteiger partial charge in [0.1, 0.15) is 5.82 Å². The molecule has 0 aliphatic rings. The largest absolute Gasteiger partial charge is 0.369 e. The van der Waals surface area contributed by atoms with Crippen LogP contribution in [0.5, 0.6) is 0 Å². The maximum atomic E-state index is 4.99. The quantitative estimate of drug-likeness (QED) is 0.290. The number of anilines is 1. The first kappa shape index (κ1) is 24.2. The second-order valence-electron chi connectivity index (χ2n) is 9.39. The van der Waals surface area contributed by atoms with Crippen LogP contribution in [-0.4, -0.2) is 44.8 Å². The van der Waals surface area contributed by atoms with Crippen molar-refractivity contribution in [3.8, 4) is 28.2 Å². The Kier molecular flexibility index (Phi) is 7.49. The topological polar surface area (TPSA) is 46.0 Å². The van der Waals surface area contributed by atoms with Crippen LogP contribution >= 0.6 is 11.3 Å². The summed E-state index contributed by atoms with van der Waals surface area (Å²) in [5.41, 5.74) is 7.81. The first-order valence-corrected chi connectivity index (χ1v) is 12.9. The van der Waals surface area contributed by atoms with Gasteiger partial charge in [0.15, 0.2) is 0 Å². The Morgan fingerprint density at radius 2 is 1.74 bits per heavy atom. The number of hydrogen-bond acceptors (Lipinski definition) is 5. The summed E-state index contributed by atoms with van der Waals surface area (Å²) in [4.78, 5) is 7.14. The lowest BCUT2D eigenvalue weighted by Crippen LogP contribution is -2.40. The molecule has 0 aliphatic carbocycles. The fourth-order valence-corrected chi connectivity index (χ4v) is 4.92. The normalized spacial score (nSPS) is 11.7. The third-order valence-electron chi connectivity index (χ3n) is 6.32. The zero-order chi connectivity index (χ0) is 24.2. The fourth-order valence-electron chi connectivity index (χ4n) is 4.27. The molecule has 0 amide bonds. The zero-order valence-electron chi connectivity index (χ0n) is 21.0. The van der Waals surface area contributed by atoms with Crippen LogP contribution in [0.1, 0.15) is 38.8 Å². The smallest absolute Gasteiger partial charge is 0.125 e. The summed E-state index contributed by atoms with van der Waals surface area (Å²) in [5.74, 6) is 0.892. The van der Waals surface area contributed by atoms with E-state index in [1.807, 2.05) is 16.9 Å². The maximum absolute atomic E-state index is 4.99. The third kappa shape index (κ3) is 5.40. The molecule has 0 saturated heterocycles. The zero-order valence-corrected chi connectivity index (χ0v) is 21.9. The van der Waals surface area contributed by atoms with Gasteiger partial charge < -0.3 is 5.32 Å². The highest BCUT2D eigenvalue weighted by Crippen LogP contribution is 2.30. The summed E-state index contributed by atoms with van der Waals surface area (Å²) >= 11 is 1.70. The SMILES string of the molecule is Cc1ccc(-n2nc(-c3ccc(NCCN(C(C)C)C(C)C)nc3)cc2-c2ccsc2)cc1C. The molecule has 0 radical (unpaired) electrons. The molecule has 5 nitrogen and oxygen atoms in total. The second kappa shape index (κ2) is 10.5. The van der Waals surface area contributed by atoms with Crippen LogP contribution in [0.15, 0.2) is 59.4 Å². The molecule has 6 heteroatoms. The number of hydrogen-bond donors (Lipinski definition) is 1. The van der Waals surface area contributed by atoms with E-state index in [4.69, 9.17) is 5.10 Å². The van der Waals surface area contributed by atoms with Gasteiger partial charge in [-0.1, -0.05) is 6.07 Å². The number of nitrogens with one attached hydrogen (secondary N) is 1. The van der Waals surface area contributed by atoms with Crippen molar-refractivity contribution in [2.24, 2.45) is 0 Å². The van der Waals surface area contributed by atoms with E-state index in [9.17, 15) is 0 Å². The van der Waals surface area contributed by atoms with Crippen LogP contribution < -0.4 is 5.32 Å². The minimum atomic E-state index is 0.530. The highest BCUT2D eigenvalue weighted by Gasteiger charge is 2.15. The van der Waals surface area contributed by atoms with Gasteiger partial charge in [-0.2, -0.15) is 16.4 Å². The van der Waals surface area contributed by atoms with Crippen LogP contribution in [-0.2, 0) is 0 Å². The standard InChI is InChI=1S/C28H35N5S/c1-19(2)32(20(3)4)13-12-29-28-10-8-23(17-30-28)26-16-27(24-11-14-34-18-24)33(31-26)25-9-7-21(5)22(6)15-25/h7-11,14-20H,12-13H2,1-6H3,(H,29,30). The number of pyridine rings is 1. The molecule has 0 fully saturated rings. The van der Waals surface area contributed by atoms with Crippen molar-refractivity contribution < 1.29 is 0 Å². The number of benzene rings is 1. The first-order valence-electron chi connectivity index (χ1n) is 12.0. The fraction of sp³-hybridized carbons (Fsp3) is 0.357. The molecule has 0 unspecified atom stereocenters. The molecule has 3 heterocycles. The van der Waals surface area contributed by atoms with Crippen molar-refractivity contribution in [3.63, 3.8) is 0 Å². The molecule has 0 aliphatic heterocycles. The minimum Gasteiger partial charge on any atom is -0.369 e. The lowest BCUT2D eigenvalue weighted by Gasteiger charge is -2.30. The van der Waals surface area contributed by atoms with E-state index in [1.165, 1.54) is 16.7 Å². The molecule has 4 rings (SSSR count). The van der Waals surface area contributed by atoms with Crippen LogP contribution in [0.2, 0.25) is 0 Å². The summed E-state index contributed by atoms with van der Waals surface area (Å²) in [6, 6.07) is 16.0. The first-order chi connectivity index (χ1) is 16.3. The van der Waals surface area contributed by atoms with E-state index in [-0.39, 0.29) is 0 Å². The van der Waals surface area contributed by atoms with Gasteiger partial charge in [0.2, 0.25) is 0 Å². The average Bonchev–Trinajstić information content (AvgIpc) is 3.48. The molecular formula is C28H35N5S. The Bertz CT molecular complexity index is 1200. The average molecular weight is 474 g/mol. The van der Waals surface area contributed by atoms with Crippen LogP contribution in [0.3, 0.4) is 0 Å². The van der Waals surface area contributed by atoms with Crippen LogP contribution in [0.4, 0.5) is 5.82 Å². The molecule has 0 atom stereocenters. The van der Waals surface area contributed by atoms with Gasteiger partial charge in [0.05, 0.1) is 17.1 Å². The highest BCUT2D eigenvalue weighted by molar-refractivity contribution is 7.08. The van der Waals surface area contributed by atoms with E-state index >= 15 is 0 Å². The van der Waals surface area contributed by atoms with E-state index in [0.717, 1.165) is 41.5 Å². The van der Waals surface area contributed by atoms with Crippen LogP contribution in [0.25, 0.3) is 28.2 Å². The van der Waals surface area contributed by atoms with Gasteiger partial charge in [-0.3, -0.25) is 4.90 Å². The molecular weight excluding hydrogens is 438 g/mol. The van der Waals surface area contributed by atoms with Gasteiger partial charge in [0.25, 0.3) is 0 Å². The van der Waals surface area contributed by atoms with Crippen molar-refractivity contribution >= 4 is 17.2 Å². The molecule has 4 aromatic rings. The van der Waals surface area contributed by atoms with E-state index < -0.39 is 0 Å². The predicted octanol–water partition coefficient (Wildman–Crippen LogP) is 6.81. The second-order valence-corrected chi connectivity index (χ2v) is 10.2. The molecule has 3 aromatic heterocycles. The number of nitrogens with zero attached hydrogens (tertiary/aromatic N) is 4. The van der Waals surface area contributed by atoms with Crippen LogP contribution in [0, 0.1) is 13.8 Å². The number of thiophene rings is 1. The Balaban J connectivity index is 1.56. The molecule has 0 spiro atoms. The highest BCUT2D eigenvalue weighted by atomic mass is 32.1. The van der Waals surface area contributed by atoms with E-state index in [1.54, 1.807) is 11.3 Å². The van der Waals surface area contributed by atoms with Crippen molar-refractivity contribution in [3.05, 3.63) is 70.5 Å². The van der Waals surface area contributed by atoms with Gasteiger partial charge in [-0.25, -0.2) is 9.67 Å². The van der Waals surface area contributed by atoms with E-state index in [0.29, 0.717) is 12.1 Å². The third-order valence-corrected chi connectivity index (χ3v) is 7.01. The lowest BCUT2D eigenvalue weighted by atomic mass is 10.1. The molecule has 34 heavy (non-hydrogen) atoms. The number of aromatic nitrogens is 3. The molecule has 1 aromatic carbocycles. The maximum Gasteiger partial charge on any atom is 0.125 e. The number of rotatable bonds is 9. The Hall–Kier alpha value is -2.96. The van der Waals surface area contributed by atoms with E-state index in [2.05, 4.69) is 104 Å². The molecule has 178 valence electrons. The van der Waals surface area contributed by atoms with Crippen molar-refractivity contribution in [1.29, 1.82) is 0 Å². The molecule has 1 N–H and O–H groups in total. The lowest BCUT2D eigenvalue weighted by molar-refractivity contribution is 0.182. The predicted molar refractivity (Wildman–Crippen MR) is 145 cm³/mol. The van der Waals surface area contributed by atoms with Crippen molar-refractivity contribution in [2.75, 3.05) is 18.4 Å². The summed E-state index contributed by atoms with van der Waals surface area (Å²) in [7, 11) is 0. The Labute approximate surface area is 207 Å². The van der Waals surface area contributed by atoms with Crippen molar-refractivity contribution in [2.45, 2.75) is 53.6 Å². The Morgan fingerprint density at radius 3 is 2.35 bits per heavy atom. The molecule has 0 bridgehead atoms. The van der Waals surface area contributed by atoms with Gasteiger partial charge in [0, 0.05) is 47.9 Å². The minimum absolute atomic E-state index is 0.530.